The predicted molar refractivity (Wildman–Crippen MR) is 97.7 cm³/mol. The van der Waals surface area contributed by atoms with Gasteiger partial charge >= 0.3 is 0 Å². The lowest BCUT2D eigenvalue weighted by molar-refractivity contribution is 0.371. The average molecular weight is 351 g/mol. The Kier molecular flexibility index (Phi) is 4.20. The Balaban J connectivity index is 1.77. The number of hydrogen-bond donors (Lipinski definition) is 1. The average Bonchev–Trinajstić information content (AvgIpc) is 3.16. The van der Waals surface area contributed by atoms with Crippen LogP contribution in [0.4, 0.5) is 5.95 Å². The third-order valence-electron chi connectivity index (χ3n) is 4.83. The Morgan fingerprint density at radius 2 is 1.88 bits per heavy atom. The summed E-state index contributed by atoms with van der Waals surface area (Å²) in [6.45, 7) is 2.09. The van der Waals surface area contributed by atoms with Gasteiger partial charge in [0.25, 0.3) is 0 Å². The van der Waals surface area contributed by atoms with Crippen molar-refractivity contribution in [2.24, 2.45) is 0 Å². The first-order chi connectivity index (χ1) is 12.7. The van der Waals surface area contributed by atoms with Crippen molar-refractivity contribution in [2.75, 3.05) is 19.5 Å². The Bertz CT molecular complexity index is 907. The van der Waals surface area contributed by atoms with Gasteiger partial charge in [-0.2, -0.15) is 0 Å². The van der Waals surface area contributed by atoms with E-state index in [0.717, 1.165) is 23.5 Å². The molecule has 0 amide bonds. The molecule has 0 saturated heterocycles. The maximum Gasteiger partial charge on any atom is 0.243 e. The molecule has 2 heterocycles. The summed E-state index contributed by atoms with van der Waals surface area (Å²) in [5, 5.41) is 15.6. The third kappa shape index (κ3) is 2.85. The molecule has 0 unspecified atom stereocenters. The van der Waals surface area contributed by atoms with E-state index in [0.29, 0.717) is 5.95 Å². The van der Waals surface area contributed by atoms with Crippen LogP contribution in [0.3, 0.4) is 0 Å². The van der Waals surface area contributed by atoms with Gasteiger partial charge in [0.15, 0.2) is 0 Å². The molecule has 134 valence electrons. The monoisotopic (exact) mass is 351 g/mol. The fraction of sp³-hybridized carbons (Fsp3) is 0.316. The standard InChI is InChI=1S/C19H21N5O2/c1-12-4-6-13(7-5-12)16-11-17(24-19(20-16)21-22-23-24)15-10-14(25-2)8-9-18(15)26-3/h4-10,16-17H,11H2,1-3H3,(H,20,21,23)/t16-,17+/m0/s1. The summed E-state index contributed by atoms with van der Waals surface area (Å²) in [5.41, 5.74) is 3.44. The number of ether oxygens (including phenoxy) is 2. The molecule has 1 aliphatic rings. The van der Waals surface area contributed by atoms with Crippen molar-refractivity contribution >= 4 is 5.95 Å². The molecule has 0 radical (unpaired) electrons. The van der Waals surface area contributed by atoms with Gasteiger partial charge in [0.05, 0.1) is 26.3 Å². The second-order valence-electron chi connectivity index (χ2n) is 6.41. The summed E-state index contributed by atoms with van der Waals surface area (Å²) < 4.78 is 12.8. The number of aryl methyl sites for hydroxylation is 1. The van der Waals surface area contributed by atoms with Crippen LogP contribution in [0.1, 0.15) is 35.2 Å². The Labute approximate surface area is 151 Å². The van der Waals surface area contributed by atoms with Crippen molar-refractivity contribution in [3.63, 3.8) is 0 Å². The fourth-order valence-electron chi connectivity index (χ4n) is 3.41. The van der Waals surface area contributed by atoms with Crippen molar-refractivity contribution in [2.45, 2.75) is 25.4 Å². The molecule has 0 saturated carbocycles. The van der Waals surface area contributed by atoms with E-state index in [9.17, 15) is 0 Å². The molecule has 2 aromatic carbocycles. The van der Waals surface area contributed by atoms with Crippen molar-refractivity contribution in [3.05, 3.63) is 59.2 Å². The number of nitrogens with zero attached hydrogens (tertiary/aromatic N) is 4. The number of methoxy groups -OCH3 is 2. The lowest BCUT2D eigenvalue weighted by Gasteiger charge is -2.31. The highest BCUT2D eigenvalue weighted by Crippen LogP contribution is 2.41. The zero-order valence-corrected chi connectivity index (χ0v) is 15.0. The predicted octanol–water partition coefficient (Wildman–Crippen LogP) is 3.15. The zero-order valence-electron chi connectivity index (χ0n) is 15.0. The summed E-state index contributed by atoms with van der Waals surface area (Å²) in [6.07, 6.45) is 0.796. The molecule has 1 aliphatic heterocycles. The van der Waals surface area contributed by atoms with Crippen LogP contribution in [0.5, 0.6) is 11.5 Å². The molecule has 0 fully saturated rings. The number of anilines is 1. The van der Waals surface area contributed by atoms with Crippen LogP contribution in [0.25, 0.3) is 0 Å². The van der Waals surface area contributed by atoms with Gasteiger partial charge in [-0.15, -0.1) is 0 Å². The van der Waals surface area contributed by atoms with Gasteiger partial charge in [-0.1, -0.05) is 34.9 Å². The van der Waals surface area contributed by atoms with Gasteiger partial charge < -0.3 is 14.8 Å². The molecular weight excluding hydrogens is 330 g/mol. The van der Waals surface area contributed by atoms with Gasteiger partial charge in [-0.3, -0.25) is 0 Å². The maximum atomic E-state index is 5.59. The van der Waals surface area contributed by atoms with Crippen molar-refractivity contribution in [1.82, 2.24) is 20.2 Å². The minimum Gasteiger partial charge on any atom is -0.497 e. The number of nitrogens with one attached hydrogen (secondary N) is 1. The molecule has 26 heavy (non-hydrogen) atoms. The molecule has 2 atom stereocenters. The second kappa shape index (κ2) is 6.67. The number of hydrogen-bond acceptors (Lipinski definition) is 6. The first-order valence-corrected chi connectivity index (χ1v) is 8.52. The third-order valence-corrected chi connectivity index (χ3v) is 4.83. The molecule has 4 rings (SSSR count). The molecular formula is C19H21N5O2. The molecule has 0 aliphatic carbocycles. The number of fused-ring (bicyclic) bond motifs is 1. The van der Waals surface area contributed by atoms with Crippen LogP contribution < -0.4 is 14.8 Å². The lowest BCUT2D eigenvalue weighted by Crippen LogP contribution is -2.28. The van der Waals surface area contributed by atoms with Gasteiger partial charge in [0, 0.05) is 5.56 Å². The first kappa shape index (κ1) is 16.4. The van der Waals surface area contributed by atoms with Crippen LogP contribution >= 0.6 is 0 Å². The minimum atomic E-state index is -0.0578. The van der Waals surface area contributed by atoms with E-state index in [1.54, 1.807) is 14.2 Å². The topological polar surface area (TPSA) is 74.1 Å². The summed E-state index contributed by atoms with van der Waals surface area (Å²) in [5.74, 6) is 2.22. The van der Waals surface area contributed by atoms with Crippen molar-refractivity contribution < 1.29 is 9.47 Å². The minimum absolute atomic E-state index is 0.0578. The Morgan fingerprint density at radius 3 is 2.62 bits per heavy atom. The van der Waals surface area contributed by atoms with Crippen LogP contribution in [0, 0.1) is 6.92 Å². The van der Waals surface area contributed by atoms with Crippen LogP contribution in [-0.4, -0.2) is 34.4 Å². The highest BCUT2D eigenvalue weighted by molar-refractivity contribution is 5.46. The van der Waals surface area contributed by atoms with E-state index >= 15 is 0 Å². The smallest absolute Gasteiger partial charge is 0.243 e. The van der Waals surface area contributed by atoms with E-state index in [4.69, 9.17) is 9.47 Å². The quantitative estimate of drug-likeness (QED) is 0.778. The molecule has 7 heteroatoms. The highest BCUT2D eigenvalue weighted by atomic mass is 16.5. The van der Waals surface area contributed by atoms with E-state index in [1.807, 2.05) is 22.9 Å². The summed E-state index contributed by atoms with van der Waals surface area (Å²) in [6, 6.07) is 14.4. The molecule has 0 bridgehead atoms. The van der Waals surface area contributed by atoms with Crippen LogP contribution in [-0.2, 0) is 0 Å². The van der Waals surface area contributed by atoms with E-state index < -0.39 is 0 Å². The number of aromatic nitrogens is 4. The van der Waals surface area contributed by atoms with Crippen molar-refractivity contribution in [3.8, 4) is 11.5 Å². The number of rotatable bonds is 4. The molecule has 1 N–H and O–H groups in total. The number of tetrazole rings is 1. The van der Waals surface area contributed by atoms with Crippen LogP contribution in [0.15, 0.2) is 42.5 Å². The summed E-state index contributed by atoms with van der Waals surface area (Å²) >= 11 is 0. The summed E-state index contributed by atoms with van der Waals surface area (Å²) in [7, 11) is 3.33. The van der Waals surface area contributed by atoms with Gasteiger partial charge in [0.1, 0.15) is 11.5 Å². The van der Waals surface area contributed by atoms with E-state index in [1.165, 1.54) is 11.1 Å². The maximum absolute atomic E-state index is 5.59. The second-order valence-corrected chi connectivity index (χ2v) is 6.41. The highest BCUT2D eigenvalue weighted by Gasteiger charge is 2.32. The number of benzene rings is 2. The largest absolute Gasteiger partial charge is 0.497 e. The first-order valence-electron chi connectivity index (χ1n) is 8.52. The Morgan fingerprint density at radius 1 is 1.08 bits per heavy atom. The Hall–Kier alpha value is -3.09. The van der Waals surface area contributed by atoms with Gasteiger partial charge in [0.2, 0.25) is 5.95 Å². The van der Waals surface area contributed by atoms with Gasteiger partial charge in [-0.05, 0) is 47.5 Å². The molecule has 3 aromatic rings. The molecule has 7 nitrogen and oxygen atoms in total. The van der Waals surface area contributed by atoms with Gasteiger partial charge in [-0.25, -0.2) is 4.68 Å². The fourth-order valence-corrected chi connectivity index (χ4v) is 3.41. The SMILES string of the molecule is COc1ccc(OC)c([C@H]2C[C@@H](c3ccc(C)cc3)Nc3nnnn32)c1. The lowest BCUT2D eigenvalue weighted by atomic mass is 9.92. The summed E-state index contributed by atoms with van der Waals surface area (Å²) in [4.78, 5) is 0. The van der Waals surface area contributed by atoms with Crippen LogP contribution in [0.2, 0.25) is 0 Å². The zero-order chi connectivity index (χ0) is 18.1. The van der Waals surface area contributed by atoms with E-state index in [2.05, 4.69) is 52.0 Å². The van der Waals surface area contributed by atoms with Crippen molar-refractivity contribution in [1.29, 1.82) is 0 Å². The molecule has 1 aromatic heterocycles. The van der Waals surface area contributed by atoms with E-state index in [-0.39, 0.29) is 12.1 Å². The normalized spacial score (nSPS) is 18.7. The molecule has 0 spiro atoms.